The number of pyridine rings is 2. The molecule has 3 aromatic heterocycles. The molecular weight excluding hydrogens is 449 g/mol. The van der Waals surface area contributed by atoms with Gasteiger partial charge in [-0.05, 0) is 35.9 Å². The molecular formula is C23H19ClFN5O3. The van der Waals surface area contributed by atoms with Crippen LogP contribution in [0, 0.1) is 5.82 Å². The summed E-state index contributed by atoms with van der Waals surface area (Å²) in [6.45, 7) is -0.392. The minimum absolute atomic E-state index is 0.0310. The molecule has 0 fully saturated rings. The molecule has 8 nitrogen and oxygen atoms in total. The lowest BCUT2D eigenvalue weighted by atomic mass is 10.1. The molecule has 1 atom stereocenters. The largest absolute Gasteiger partial charge is 0.481 e. The lowest BCUT2D eigenvalue weighted by molar-refractivity contribution is 0.247. The second-order valence-corrected chi connectivity index (χ2v) is 7.42. The van der Waals surface area contributed by atoms with E-state index in [1.807, 2.05) is 0 Å². The van der Waals surface area contributed by atoms with E-state index in [0.29, 0.717) is 34.3 Å². The number of hydrogen-bond acceptors (Lipinski definition) is 7. The number of nitrogens with zero attached hydrogens (tertiary/aromatic N) is 4. The summed E-state index contributed by atoms with van der Waals surface area (Å²) in [5, 5.41) is 12.9. The van der Waals surface area contributed by atoms with Crippen LogP contribution in [0.4, 0.5) is 16.0 Å². The molecule has 0 spiro atoms. The van der Waals surface area contributed by atoms with Crippen LogP contribution in [0.3, 0.4) is 0 Å². The van der Waals surface area contributed by atoms with E-state index in [4.69, 9.17) is 16.3 Å². The number of rotatable bonds is 7. The third-order valence-corrected chi connectivity index (χ3v) is 5.24. The van der Waals surface area contributed by atoms with Gasteiger partial charge in [-0.2, -0.15) is 0 Å². The van der Waals surface area contributed by atoms with Gasteiger partial charge >= 0.3 is 0 Å². The van der Waals surface area contributed by atoms with Crippen LogP contribution in [0.2, 0.25) is 5.02 Å². The van der Waals surface area contributed by atoms with Gasteiger partial charge in [0.1, 0.15) is 5.82 Å². The smallest absolute Gasteiger partial charge is 0.251 e. The van der Waals surface area contributed by atoms with Gasteiger partial charge in [-0.3, -0.25) is 4.79 Å². The Balaban J connectivity index is 1.61. The van der Waals surface area contributed by atoms with Gasteiger partial charge in [0.2, 0.25) is 11.8 Å². The van der Waals surface area contributed by atoms with Crippen molar-refractivity contribution in [2.75, 3.05) is 19.0 Å². The first-order chi connectivity index (χ1) is 16.0. The average molecular weight is 468 g/mol. The first kappa shape index (κ1) is 22.4. The van der Waals surface area contributed by atoms with Crippen molar-refractivity contribution in [1.29, 1.82) is 0 Å². The minimum atomic E-state index is -0.761. The number of hydrogen-bond donors (Lipinski definition) is 2. The Morgan fingerprint density at radius 1 is 1.15 bits per heavy atom. The molecule has 0 aliphatic heterocycles. The Kier molecular flexibility index (Phi) is 6.62. The second kappa shape index (κ2) is 9.76. The molecule has 4 rings (SSSR count). The molecule has 0 unspecified atom stereocenters. The zero-order valence-electron chi connectivity index (χ0n) is 17.4. The number of anilines is 2. The highest BCUT2D eigenvalue weighted by Gasteiger charge is 2.16. The minimum Gasteiger partial charge on any atom is -0.481 e. The number of nitrogens with one attached hydrogen (secondary N) is 1. The highest BCUT2D eigenvalue weighted by atomic mass is 35.5. The van der Waals surface area contributed by atoms with Crippen molar-refractivity contribution < 1.29 is 14.2 Å². The summed E-state index contributed by atoms with van der Waals surface area (Å²) in [5.41, 5.74) is 1.82. The first-order valence-corrected chi connectivity index (χ1v) is 10.2. The topological polar surface area (TPSA) is 102 Å². The first-order valence-electron chi connectivity index (χ1n) is 9.87. The number of ether oxygens (including phenoxy) is 1. The summed E-state index contributed by atoms with van der Waals surface area (Å²) >= 11 is 5.74. The average Bonchev–Trinajstić information content (AvgIpc) is 2.83. The third-order valence-electron chi connectivity index (χ3n) is 4.94. The lowest BCUT2D eigenvalue weighted by Gasteiger charge is -2.18. The third kappa shape index (κ3) is 5.00. The lowest BCUT2D eigenvalue weighted by Crippen LogP contribution is -2.27. The summed E-state index contributed by atoms with van der Waals surface area (Å²) < 4.78 is 20.3. The zero-order valence-corrected chi connectivity index (χ0v) is 18.2. The second-order valence-electron chi connectivity index (χ2n) is 7.01. The fourth-order valence-electron chi connectivity index (χ4n) is 3.29. The molecule has 2 N–H and O–H groups in total. The maximum Gasteiger partial charge on any atom is 0.251 e. The summed E-state index contributed by atoms with van der Waals surface area (Å²) in [7, 11) is 1.52. The zero-order chi connectivity index (χ0) is 23.4. The Hall–Kier alpha value is -3.82. The van der Waals surface area contributed by atoms with Crippen LogP contribution in [0.1, 0.15) is 11.6 Å². The number of aliphatic hydroxyl groups excluding tert-OH is 1. The van der Waals surface area contributed by atoms with Crippen molar-refractivity contribution in [3.8, 4) is 17.1 Å². The molecule has 0 saturated carbocycles. The molecule has 0 amide bonds. The van der Waals surface area contributed by atoms with Gasteiger partial charge in [-0.25, -0.2) is 19.3 Å². The van der Waals surface area contributed by atoms with Crippen LogP contribution in [-0.2, 0) is 0 Å². The standard InChI is InChI=1S/C23H19ClFN5O3/c1-33-21-12-16(4-7-26-21)28-23-27-8-5-19(29-23)14-6-9-30(22(32)11-14)20(13-31)15-2-3-17(24)18(25)10-15/h2-12,20,31H,13H2,1H3,(H,26,27,28,29)/t20-/m1/s1. The fourth-order valence-corrected chi connectivity index (χ4v) is 3.41. The van der Waals surface area contributed by atoms with Crippen molar-refractivity contribution in [3.63, 3.8) is 0 Å². The summed E-state index contributed by atoms with van der Waals surface area (Å²) in [4.78, 5) is 25.6. The van der Waals surface area contributed by atoms with Gasteiger partial charge < -0.3 is 19.7 Å². The van der Waals surface area contributed by atoms with E-state index in [1.54, 1.807) is 42.7 Å². The summed E-state index contributed by atoms with van der Waals surface area (Å²) in [6, 6.07) is 11.6. The molecule has 0 radical (unpaired) electrons. The molecule has 4 aromatic rings. The predicted octanol–water partition coefficient (Wildman–Crippen LogP) is 3.83. The molecule has 0 bridgehead atoms. The van der Waals surface area contributed by atoms with Gasteiger partial charge in [0.05, 0.1) is 30.5 Å². The van der Waals surface area contributed by atoms with E-state index >= 15 is 0 Å². The number of benzene rings is 1. The monoisotopic (exact) mass is 467 g/mol. The highest BCUT2D eigenvalue weighted by molar-refractivity contribution is 6.30. The quantitative estimate of drug-likeness (QED) is 0.426. The van der Waals surface area contributed by atoms with Gasteiger partial charge in [0, 0.05) is 42.0 Å². The van der Waals surface area contributed by atoms with E-state index in [2.05, 4.69) is 20.3 Å². The van der Waals surface area contributed by atoms with Crippen LogP contribution in [-0.4, -0.2) is 38.3 Å². The molecule has 0 saturated heterocycles. The molecule has 168 valence electrons. The van der Waals surface area contributed by atoms with Crippen LogP contribution in [0.25, 0.3) is 11.3 Å². The fraction of sp³-hybridized carbons (Fsp3) is 0.130. The molecule has 0 aliphatic rings. The Morgan fingerprint density at radius 2 is 1.97 bits per heavy atom. The van der Waals surface area contributed by atoms with E-state index in [9.17, 15) is 14.3 Å². The van der Waals surface area contributed by atoms with Crippen molar-refractivity contribution >= 4 is 23.2 Å². The summed E-state index contributed by atoms with van der Waals surface area (Å²) in [5.74, 6) is 0.152. The van der Waals surface area contributed by atoms with Crippen molar-refractivity contribution in [1.82, 2.24) is 19.5 Å². The van der Waals surface area contributed by atoms with Crippen molar-refractivity contribution in [2.24, 2.45) is 0 Å². The van der Waals surface area contributed by atoms with Crippen molar-refractivity contribution in [2.45, 2.75) is 6.04 Å². The molecule has 10 heteroatoms. The van der Waals surface area contributed by atoms with E-state index in [0.717, 1.165) is 0 Å². The Labute approximate surface area is 193 Å². The predicted molar refractivity (Wildman–Crippen MR) is 122 cm³/mol. The molecule has 0 aliphatic carbocycles. The van der Waals surface area contributed by atoms with Crippen LogP contribution >= 0.6 is 11.6 Å². The highest BCUT2D eigenvalue weighted by Crippen LogP contribution is 2.24. The van der Waals surface area contributed by atoms with Crippen LogP contribution in [0.5, 0.6) is 5.88 Å². The van der Waals surface area contributed by atoms with Gasteiger partial charge in [0.25, 0.3) is 5.56 Å². The molecule has 3 heterocycles. The summed E-state index contributed by atoms with van der Waals surface area (Å²) in [6.07, 6.45) is 4.70. The van der Waals surface area contributed by atoms with E-state index in [-0.39, 0.29) is 10.6 Å². The SMILES string of the molecule is COc1cc(Nc2nccc(-c3ccn([C@H](CO)c4ccc(Cl)c(F)c4)c(=O)c3)n2)ccn1. The van der Waals surface area contributed by atoms with Crippen LogP contribution in [0.15, 0.2) is 71.9 Å². The van der Waals surface area contributed by atoms with E-state index in [1.165, 1.54) is 36.1 Å². The van der Waals surface area contributed by atoms with Crippen LogP contribution < -0.4 is 15.6 Å². The van der Waals surface area contributed by atoms with Crippen molar-refractivity contribution in [3.05, 3.63) is 93.9 Å². The maximum atomic E-state index is 13.9. The molecule has 33 heavy (non-hydrogen) atoms. The number of halogens is 2. The van der Waals surface area contributed by atoms with Gasteiger partial charge in [-0.15, -0.1) is 0 Å². The van der Waals surface area contributed by atoms with Gasteiger partial charge in [-0.1, -0.05) is 17.7 Å². The Bertz CT molecular complexity index is 1350. The van der Waals surface area contributed by atoms with E-state index < -0.39 is 18.5 Å². The Morgan fingerprint density at radius 3 is 2.70 bits per heavy atom. The number of aliphatic hydroxyl groups is 1. The maximum absolute atomic E-state index is 13.9. The number of aromatic nitrogens is 4. The van der Waals surface area contributed by atoms with Gasteiger partial charge in [0.15, 0.2) is 0 Å². The normalized spacial score (nSPS) is 11.8. The molecule has 1 aromatic carbocycles. The number of methoxy groups -OCH3 is 1.